The molecule has 10 nitrogen and oxygen atoms in total. The number of rotatable bonds is 5. The van der Waals surface area contributed by atoms with Gasteiger partial charge < -0.3 is 23.7 Å². The van der Waals surface area contributed by atoms with E-state index in [0.29, 0.717) is 29.6 Å². The molecule has 2 heterocycles. The monoisotopic (exact) mass is 580 g/mol. The van der Waals surface area contributed by atoms with Crippen LogP contribution in [0.15, 0.2) is 58.0 Å². The number of ketones is 2. The van der Waals surface area contributed by atoms with Crippen molar-refractivity contribution in [3.8, 4) is 0 Å². The number of ether oxygens (including phenoxy) is 3. The summed E-state index contributed by atoms with van der Waals surface area (Å²) in [6.07, 6.45) is 3.91. The highest BCUT2D eigenvalue weighted by atomic mass is 16.6. The highest BCUT2D eigenvalue weighted by Gasteiger charge is 2.70. The topological polar surface area (TPSA) is 146 Å². The number of furan rings is 1. The van der Waals surface area contributed by atoms with E-state index in [4.69, 9.17) is 18.6 Å². The van der Waals surface area contributed by atoms with Crippen LogP contribution in [0.3, 0.4) is 0 Å². The van der Waals surface area contributed by atoms with Crippen molar-refractivity contribution in [1.29, 1.82) is 0 Å². The van der Waals surface area contributed by atoms with Crippen molar-refractivity contribution in [2.75, 3.05) is 7.11 Å². The van der Waals surface area contributed by atoms with E-state index >= 15 is 0 Å². The second-order valence-electron chi connectivity index (χ2n) is 12.5. The quantitative estimate of drug-likeness (QED) is 0.310. The number of carbonyl (C=O) groups excluding carboxylic acids is 5. The van der Waals surface area contributed by atoms with E-state index < -0.39 is 70.1 Å². The molecule has 1 aromatic heterocycles. The fourth-order valence-electron chi connectivity index (χ4n) is 8.01. The summed E-state index contributed by atoms with van der Waals surface area (Å²) < 4.78 is 21.8. The van der Waals surface area contributed by atoms with Gasteiger partial charge in [0.05, 0.1) is 19.6 Å². The van der Waals surface area contributed by atoms with Crippen molar-refractivity contribution in [3.05, 3.63) is 59.1 Å². The normalized spacial score (nSPS) is 38.1. The number of esters is 3. The van der Waals surface area contributed by atoms with Crippen LogP contribution in [-0.4, -0.2) is 53.9 Å². The molecule has 10 heteroatoms. The van der Waals surface area contributed by atoms with Gasteiger partial charge in [0.2, 0.25) is 0 Å². The molecular formula is C32H36O10. The molecule has 42 heavy (non-hydrogen) atoms. The first-order valence-electron chi connectivity index (χ1n) is 14.1. The first-order valence-corrected chi connectivity index (χ1v) is 14.1. The predicted molar refractivity (Wildman–Crippen MR) is 146 cm³/mol. The molecule has 0 radical (unpaired) electrons. The van der Waals surface area contributed by atoms with Crippen LogP contribution < -0.4 is 0 Å². The fraction of sp³-hybridized carbons (Fsp3) is 0.531. The molecule has 0 amide bonds. The number of aliphatic hydroxyl groups is 1. The van der Waals surface area contributed by atoms with E-state index in [9.17, 15) is 29.1 Å². The number of fused-ring (bicyclic) bond motifs is 6. The van der Waals surface area contributed by atoms with Gasteiger partial charge in [0.1, 0.15) is 11.9 Å². The molecule has 2 fully saturated rings. The van der Waals surface area contributed by atoms with Crippen molar-refractivity contribution in [3.63, 3.8) is 0 Å². The zero-order chi connectivity index (χ0) is 30.8. The van der Waals surface area contributed by atoms with Gasteiger partial charge in [-0.05, 0) is 55.9 Å². The summed E-state index contributed by atoms with van der Waals surface area (Å²) in [4.78, 5) is 67.2. The molecule has 0 saturated heterocycles. The van der Waals surface area contributed by atoms with Gasteiger partial charge in [0.15, 0.2) is 18.0 Å². The molecule has 3 aliphatic carbocycles. The van der Waals surface area contributed by atoms with Crippen LogP contribution >= 0.6 is 0 Å². The molecule has 5 rings (SSSR count). The Hall–Kier alpha value is -3.79. The molecule has 1 N–H and O–H groups in total. The van der Waals surface area contributed by atoms with Crippen LogP contribution in [0, 0.1) is 28.1 Å². The van der Waals surface area contributed by atoms with Crippen LogP contribution in [0.1, 0.15) is 65.5 Å². The number of cyclic esters (lactones) is 1. The Morgan fingerprint density at radius 3 is 2.50 bits per heavy atom. The lowest BCUT2D eigenvalue weighted by molar-refractivity contribution is -0.175. The average molecular weight is 581 g/mol. The Labute approximate surface area is 243 Å². The summed E-state index contributed by atoms with van der Waals surface area (Å²) in [5.74, 6) is -4.98. The van der Waals surface area contributed by atoms with E-state index in [1.54, 1.807) is 26.8 Å². The summed E-state index contributed by atoms with van der Waals surface area (Å²) in [7, 11) is 1.13. The Kier molecular flexibility index (Phi) is 7.20. The maximum Gasteiger partial charge on any atom is 0.335 e. The third-order valence-corrected chi connectivity index (χ3v) is 10.3. The fourth-order valence-corrected chi connectivity index (χ4v) is 8.01. The van der Waals surface area contributed by atoms with Crippen LogP contribution in [-0.2, 0) is 38.2 Å². The SMILES string of the molecule is C/C=C(\C)C(=O)O[C@@H]1C(=O)/C=C2/C3=CC(=O)O[C@@H](c4ccoc4)[C@]3(C)CC[C@@H]2[C@@]2(C)C(=O)C[C@]1(C)[C@@H]2[C@@H](O)C(=O)OC. The lowest BCUT2D eigenvalue weighted by Gasteiger charge is -2.54. The molecule has 4 aliphatic rings. The lowest BCUT2D eigenvalue weighted by atomic mass is 9.51. The number of methoxy groups -OCH3 is 1. The number of hydrogen-bond acceptors (Lipinski definition) is 10. The van der Waals surface area contributed by atoms with Gasteiger partial charge in [-0.15, -0.1) is 0 Å². The highest BCUT2D eigenvalue weighted by molar-refractivity contribution is 6.02. The van der Waals surface area contributed by atoms with Crippen molar-refractivity contribution < 1.29 is 47.7 Å². The molecule has 0 unspecified atom stereocenters. The minimum Gasteiger partial charge on any atom is -0.472 e. The number of Topliss-reactive ketones (excluding diaryl/α,β-unsaturated/α-hetero) is 1. The third kappa shape index (κ3) is 4.13. The Morgan fingerprint density at radius 2 is 1.88 bits per heavy atom. The van der Waals surface area contributed by atoms with Crippen molar-refractivity contribution in [1.82, 2.24) is 0 Å². The van der Waals surface area contributed by atoms with Crippen LogP contribution in [0.5, 0.6) is 0 Å². The zero-order valence-electron chi connectivity index (χ0n) is 24.6. The largest absolute Gasteiger partial charge is 0.472 e. The van der Waals surface area contributed by atoms with Crippen molar-refractivity contribution >= 4 is 29.5 Å². The van der Waals surface area contributed by atoms with Gasteiger partial charge in [0, 0.05) is 45.8 Å². The Bertz CT molecular complexity index is 1450. The summed E-state index contributed by atoms with van der Waals surface area (Å²) in [6, 6.07) is 1.71. The number of allylic oxidation sites excluding steroid dienone is 2. The summed E-state index contributed by atoms with van der Waals surface area (Å²) >= 11 is 0. The summed E-state index contributed by atoms with van der Waals surface area (Å²) in [5.41, 5.74) is -1.72. The van der Waals surface area contributed by atoms with E-state index in [-0.39, 0.29) is 17.8 Å². The van der Waals surface area contributed by atoms with Gasteiger partial charge in [-0.25, -0.2) is 14.4 Å². The molecule has 0 aromatic carbocycles. The molecule has 8 atom stereocenters. The van der Waals surface area contributed by atoms with Gasteiger partial charge >= 0.3 is 17.9 Å². The van der Waals surface area contributed by atoms with Gasteiger partial charge in [0.25, 0.3) is 0 Å². The molecule has 2 bridgehead atoms. The number of carbonyl (C=O) groups is 5. The molecular weight excluding hydrogens is 544 g/mol. The first-order chi connectivity index (χ1) is 19.7. The van der Waals surface area contributed by atoms with Gasteiger partial charge in [-0.1, -0.05) is 26.8 Å². The third-order valence-electron chi connectivity index (χ3n) is 10.3. The van der Waals surface area contributed by atoms with Crippen LogP contribution in [0.25, 0.3) is 0 Å². The van der Waals surface area contributed by atoms with Gasteiger partial charge in [-0.2, -0.15) is 0 Å². The maximum absolute atomic E-state index is 14.2. The Morgan fingerprint density at radius 1 is 1.17 bits per heavy atom. The van der Waals surface area contributed by atoms with Crippen LogP contribution in [0.4, 0.5) is 0 Å². The number of hydrogen-bond donors (Lipinski definition) is 1. The average Bonchev–Trinajstić information content (AvgIpc) is 3.55. The second kappa shape index (κ2) is 10.2. The summed E-state index contributed by atoms with van der Waals surface area (Å²) in [6.45, 7) is 8.42. The minimum absolute atomic E-state index is 0.214. The van der Waals surface area contributed by atoms with Crippen molar-refractivity contribution in [2.45, 2.75) is 72.2 Å². The first kappa shape index (κ1) is 29.7. The van der Waals surface area contributed by atoms with Crippen molar-refractivity contribution in [2.24, 2.45) is 28.1 Å². The minimum atomic E-state index is -1.79. The van der Waals surface area contributed by atoms with Gasteiger partial charge in [-0.3, -0.25) is 9.59 Å². The van der Waals surface area contributed by atoms with E-state index in [1.165, 1.54) is 37.7 Å². The smallest absolute Gasteiger partial charge is 0.335 e. The van der Waals surface area contributed by atoms with E-state index in [0.717, 1.165) is 7.11 Å². The molecule has 224 valence electrons. The molecule has 1 aliphatic heterocycles. The van der Waals surface area contributed by atoms with E-state index in [1.807, 2.05) is 6.92 Å². The van der Waals surface area contributed by atoms with E-state index in [2.05, 4.69) is 0 Å². The molecule has 1 aromatic rings. The van der Waals surface area contributed by atoms with Crippen LogP contribution in [0.2, 0.25) is 0 Å². The standard InChI is InChI=1S/C32H36O10/c1-7-16(2)28(37)42-27-21(33)12-18-19(32(5)22(34)14-31(27,4)25(32)24(36)29(38)39-6)8-10-30(3)20(18)13-23(35)41-26(30)17-9-11-40-15-17/h7,9,11-13,15,19,24-27,36H,8,10,14H2,1-6H3/b16-7+,18-12+/t19-,24+,25-,26-,27+,30+,31+,32-/m0/s1. The number of aliphatic hydroxyl groups excluding tert-OH is 1. The maximum atomic E-state index is 14.2. The zero-order valence-corrected chi connectivity index (χ0v) is 24.6. The molecule has 2 saturated carbocycles. The lowest BCUT2D eigenvalue weighted by Crippen LogP contribution is -2.57. The Balaban J connectivity index is 1.75. The summed E-state index contributed by atoms with van der Waals surface area (Å²) in [5, 5.41) is 11.5. The second-order valence-corrected chi connectivity index (χ2v) is 12.5. The molecule has 0 spiro atoms. The predicted octanol–water partition coefficient (Wildman–Crippen LogP) is 3.74. The highest BCUT2D eigenvalue weighted by Crippen LogP contribution is 2.67.